The zero-order valence-corrected chi connectivity index (χ0v) is 13.9. The standard InChI is InChI=1S/C16H22ClFN2O2/c1-4-14(20(2)3)16(21)19-13-7-8-22-15(13)10-5-6-11(17)12(18)9-10/h5-6,9,13-15H,4,7-8H2,1-3H3,(H,19,21)/t13-,14+,15-/m0/s1. The molecule has 1 aromatic carbocycles. The molecule has 1 aliphatic rings. The van der Waals surface area contributed by atoms with E-state index in [1.165, 1.54) is 12.1 Å². The first-order valence-electron chi connectivity index (χ1n) is 7.47. The highest BCUT2D eigenvalue weighted by atomic mass is 35.5. The summed E-state index contributed by atoms with van der Waals surface area (Å²) in [6.07, 6.45) is 1.10. The molecule has 0 spiro atoms. The van der Waals surface area contributed by atoms with E-state index in [0.717, 1.165) is 6.42 Å². The van der Waals surface area contributed by atoms with Crippen LogP contribution in [-0.4, -0.2) is 43.6 Å². The second-order valence-corrected chi connectivity index (χ2v) is 6.16. The number of hydrogen-bond donors (Lipinski definition) is 1. The van der Waals surface area contributed by atoms with Crippen molar-refractivity contribution >= 4 is 17.5 Å². The summed E-state index contributed by atoms with van der Waals surface area (Å²) < 4.78 is 19.3. The molecule has 1 aliphatic heterocycles. The molecular formula is C16H22ClFN2O2. The highest BCUT2D eigenvalue weighted by Crippen LogP contribution is 2.31. The summed E-state index contributed by atoms with van der Waals surface area (Å²) >= 11 is 5.71. The molecule has 0 unspecified atom stereocenters. The number of nitrogens with zero attached hydrogens (tertiary/aromatic N) is 1. The molecule has 0 bridgehead atoms. The number of halogens is 2. The van der Waals surface area contributed by atoms with Crippen LogP contribution in [0.3, 0.4) is 0 Å². The number of carbonyl (C=O) groups is 1. The number of nitrogens with one attached hydrogen (secondary N) is 1. The third-order valence-electron chi connectivity index (χ3n) is 4.00. The molecule has 22 heavy (non-hydrogen) atoms. The number of carbonyl (C=O) groups excluding carboxylic acids is 1. The molecule has 6 heteroatoms. The van der Waals surface area contributed by atoms with Crippen LogP contribution in [0.2, 0.25) is 5.02 Å². The Morgan fingerprint density at radius 1 is 1.55 bits per heavy atom. The first-order valence-corrected chi connectivity index (χ1v) is 7.85. The summed E-state index contributed by atoms with van der Waals surface area (Å²) in [7, 11) is 3.76. The number of ether oxygens (including phenoxy) is 1. The molecule has 0 aromatic heterocycles. The van der Waals surface area contributed by atoms with E-state index >= 15 is 0 Å². The predicted octanol–water partition coefficient (Wildman–Crippen LogP) is 2.77. The van der Waals surface area contributed by atoms with Gasteiger partial charge in [-0.1, -0.05) is 24.6 Å². The Hall–Kier alpha value is -1.17. The smallest absolute Gasteiger partial charge is 0.237 e. The quantitative estimate of drug-likeness (QED) is 0.903. The zero-order chi connectivity index (χ0) is 16.3. The van der Waals surface area contributed by atoms with Crippen molar-refractivity contribution in [3.63, 3.8) is 0 Å². The predicted molar refractivity (Wildman–Crippen MR) is 84.4 cm³/mol. The van der Waals surface area contributed by atoms with Gasteiger partial charge in [-0.2, -0.15) is 0 Å². The van der Waals surface area contributed by atoms with Crippen molar-refractivity contribution < 1.29 is 13.9 Å². The van der Waals surface area contributed by atoms with Crippen LogP contribution in [0.25, 0.3) is 0 Å². The van der Waals surface area contributed by atoms with Crippen molar-refractivity contribution in [3.05, 3.63) is 34.6 Å². The third kappa shape index (κ3) is 3.77. The van der Waals surface area contributed by atoms with Crippen LogP contribution >= 0.6 is 11.6 Å². The number of rotatable bonds is 5. The highest BCUT2D eigenvalue weighted by molar-refractivity contribution is 6.30. The van der Waals surface area contributed by atoms with Gasteiger partial charge >= 0.3 is 0 Å². The Bertz CT molecular complexity index is 539. The number of hydrogen-bond acceptors (Lipinski definition) is 3. The second-order valence-electron chi connectivity index (χ2n) is 5.76. The van der Waals surface area contributed by atoms with E-state index in [1.807, 2.05) is 25.9 Å². The van der Waals surface area contributed by atoms with Crippen LogP contribution in [0.4, 0.5) is 4.39 Å². The lowest BCUT2D eigenvalue weighted by atomic mass is 10.0. The Labute approximate surface area is 135 Å². The molecule has 1 fully saturated rings. The van der Waals surface area contributed by atoms with Gasteiger partial charge in [0, 0.05) is 6.61 Å². The molecule has 0 aliphatic carbocycles. The van der Waals surface area contributed by atoms with Gasteiger partial charge in [-0.3, -0.25) is 9.69 Å². The van der Waals surface area contributed by atoms with E-state index < -0.39 is 5.82 Å². The zero-order valence-electron chi connectivity index (χ0n) is 13.1. The van der Waals surface area contributed by atoms with Gasteiger partial charge in [0.05, 0.1) is 17.1 Å². The summed E-state index contributed by atoms with van der Waals surface area (Å²) in [6.45, 7) is 2.51. The van der Waals surface area contributed by atoms with Crippen molar-refractivity contribution in [2.45, 2.75) is 38.0 Å². The van der Waals surface area contributed by atoms with Crippen molar-refractivity contribution in [2.75, 3.05) is 20.7 Å². The fourth-order valence-electron chi connectivity index (χ4n) is 2.82. The Balaban J connectivity index is 2.10. The van der Waals surface area contributed by atoms with Gasteiger partial charge in [0.15, 0.2) is 0 Å². The van der Waals surface area contributed by atoms with Crippen LogP contribution in [0.5, 0.6) is 0 Å². The van der Waals surface area contributed by atoms with E-state index in [9.17, 15) is 9.18 Å². The van der Waals surface area contributed by atoms with Gasteiger partial charge in [0.1, 0.15) is 11.9 Å². The lowest BCUT2D eigenvalue weighted by Gasteiger charge is -2.26. The van der Waals surface area contributed by atoms with Gasteiger partial charge in [-0.05, 0) is 44.6 Å². The Morgan fingerprint density at radius 2 is 2.27 bits per heavy atom. The van der Waals surface area contributed by atoms with E-state index in [-0.39, 0.29) is 29.1 Å². The minimum atomic E-state index is -0.473. The van der Waals surface area contributed by atoms with Crippen molar-refractivity contribution in [2.24, 2.45) is 0 Å². The maximum atomic E-state index is 13.6. The summed E-state index contributed by atoms with van der Waals surface area (Å²) in [6, 6.07) is 4.30. The lowest BCUT2D eigenvalue weighted by molar-refractivity contribution is -0.126. The summed E-state index contributed by atoms with van der Waals surface area (Å²) in [5.41, 5.74) is 0.697. The van der Waals surface area contributed by atoms with Crippen LogP contribution in [0.1, 0.15) is 31.4 Å². The monoisotopic (exact) mass is 328 g/mol. The van der Waals surface area contributed by atoms with E-state index in [0.29, 0.717) is 18.6 Å². The molecule has 3 atom stereocenters. The SMILES string of the molecule is CC[C@H](C(=O)N[C@H]1CCO[C@H]1c1ccc(Cl)c(F)c1)N(C)C. The molecule has 1 saturated heterocycles. The average molecular weight is 329 g/mol. The van der Waals surface area contributed by atoms with Crippen LogP contribution in [0.15, 0.2) is 18.2 Å². The molecule has 1 N–H and O–H groups in total. The van der Waals surface area contributed by atoms with Gasteiger partial charge in [-0.15, -0.1) is 0 Å². The lowest BCUT2D eigenvalue weighted by Crippen LogP contribution is -2.47. The first kappa shape index (κ1) is 17.2. The first-order chi connectivity index (χ1) is 10.4. The van der Waals surface area contributed by atoms with E-state index in [1.54, 1.807) is 6.07 Å². The molecular weight excluding hydrogens is 307 g/mol. The largest absolute Gasteiger partial charge is 0.371 e. The number of likely N-dealkylation sites (N-methyl/N-ethyl adjacent to an activating group) is 1. The summed E-state index contributed by atoms with van der Waals surface area (Å²) in [5, 5.41) is 3.12. The number of amides is 1. The van der Waals surface area contributed by atoms with Gasteiger partial charge in [0.2, 0.25) is 5.91 Å². The second kappa shape index (κ2) is 7.40. The maximum absolute atomic E-state index is 13.6. The summed E-state index contributed by atoms with van der Waals surface area (Å²) in [5.74, 6) is -0.498. The molecule has 4 nitrogen and oxygen atoms in total. The molecule has 122 valence electrons. The number of benzene rings is 1. The van der Waals surface area contributed by atoms with E-state index in [2.05, 4.69) is 5.32 Å². The van der Waals surface area contributed by atoms with Crippen LogP contribution in [0, 0.1) is 5.82 Å². The summed E-state index contributed by atoms with van der Waals surface area (Å²) in [4.78, 5) is 14.3. The normalized spacial score (nSPS) is 22.8. The van der Waals surface area contributed by atoms with Crippen molar-refractivity contribution in [3.8, 4) is 0 Å². The Kier molecular flexibility index (Phi) is 5.78. The minimum Gasteiger partial charge on any atom is -0.371 e. The molecule has 2 rings (SSSR count). The van der Waals surface area contributed by atoms with Crippen molar-refractivity contribution in [1.29, 1.82) is 0 Å². The molecule has 1 aromatic rings. The average Bonchev–Trinajstić information content (AvgIpc) is 2.90. The van der Waals surface area contributed by atoms with Gasteiger partial charge < -0.3 is 10.1 Å². The molecule has 0 saturated carbocycles. The minimum absolute atomic E-state index is 0.0255. The molecule has 1 heterocycles. The fourth-order valence-corrected chi connectivity index (χ4v) is 2.94. The maximum Gasteiger partial charge on any atom is 0.237 e. The Morgan fingerprint density at radius 3 is 2.86 bits per heavy atom. The van der Waals surface area contributed by atoms with Gasteiger partial charge in [0.25, 0.3) is 0 Å². The third-order valence-corrected chi connectivity index (χ3v) is 4.31. The molecule has 1 amide bonds. The fraction of sp³-hybridized carbons (Fsp3) is 0.562. The van der Waals surface area contributed by atoms with Crippen molar-refractivity contribution in [1.82, 2.24) is 10.2 Å². The van der Waals surface area contributed by atoms with E-state index in [4.69, 9.17) is 16.3 Å². The highest BCUT2D eigenvalue weighted by Gasteiger charge is 2.33. The molecule has 0 radical (unpaired) electrons. The van der Waals surface area contributed by atoms with Gasteiger partial charge in [-0.25, -0.2) is 4.39 Å². The topological polar surface area (TPSA) is 41.6 Å². The van der Waals surface area contributed by atoms with Crippen LogP contribution < -0.4 is 5.32 Å². The van der Waals surface area contributed by atoms with Crippen LogP contribution in [-0.2, 0) is 9.53 Å².